The minimum atomic E-state index is 0.879. The fourth-order valence-electron chi connectivity index (χ4n) is 8.14. The molecule has 0 N–H and O–H groups in total. The van der Waals surface area contributed by atoms with Gasteiger partial charge in [-0.3, -0.25) is 0 Å². The van der Waals surface area contributed by atoms with Gasteiger partial charge in [0.25, 0.3) is 0 Å². The summed E-state index contributed by atoms with van der Waals surface area (Å²) in [5.74, 6) is 0. The Morgan fingerprint density at radius 3 is 1.35 bits per heavy atom. The second-order valence-electron chi connectivity index (χ2n) is 13.6. The van der Waals surface area contributed by atoms with Gasteiger partial charge in [0.1, 0.15) is 11.2 Å². The highest BCUT2D eigenvalue weighted by molar-refractivity contribution is 6.15. The van der Waals surface area contributed by atoms with Crippen LogP contribution in [0.2, 0.25) is 0 Å². The summed E-state index contributed by atoms with van der Waals surface area (Å²) in [4.78, 5) is 2.47. The van der Waals surface area contributed by atoms with E-state index >= 15 is 0 Å². The summed E-state index contributed by atoms with van der Waals surface area (Å²) >= 11 is 0. The fourth-order valence-corrected chi connectivity index (χ4v) is 8.14. The lowest BCUT2D eigenvalue weighted by atomic mass is 9.90. The molecule has 1 heterocycles. The highest BCUT2D eigenvalue weighted by atomic mass is 16.3. The van der Waals surface area contributed by atoms with E-state index in [-0.39, 0.29) is 0 Å². The summed E-state index contributed by atoms with van der Waals surface area (Å²) < 4.78 is 6.41. The van der Waals surface area contributed by atoms with Crippen molar-refractivity contribution in [3.05, 3.63) is 212 Å². The molecule has 1 aromatic heterocycles. The maximum atomic E-state index is 6.41. The summed E-state index contributed by atoms with van der Waals surface area (Å²) in [6.45, 7) is 0. The first-order valence-electron chi connectivity index (χ1n) is 18.4. The van der Waals surface area contributed by atoms with Crippen molar-refractivity contribution in [2.75, 3.05) is 4.90 Å². The number of hydrogen-bond acceptors (Lipinski definition) is 2. The Bertz CT molecular complexity index is 2940. The molecule has 0 unspecified atom stereocenters. The molecule has 10 aromatic rings. The van der Waals surface area contributed by atoms with Crippen LogP contribution >= 0.6 is 0 Å². The smallest absolute Gasteiger partial charge is 0.136 e. The normalized spacial score (nSPS) is 11.3. The quantitative estimate of drug-likeness (QED) is 0.166. The maximum Gasteiger partial charge on any atom is 0.136 e. The van der Waals surface area contributed by atoms with Crippen LogP contribution in [0.4, 0.5) is 17.1 Å². The van der Waals surface area contributed by atoms with Crippen molar-refractivity contribution in [3.8, 4) is 44.5 Å². The fraction of sp³-hybridized carbons (Fsp3) is 0. The lowest BCUT2D eigenvalue weighted by Crippen LogP contribution is -2.13. The SMILES string of the molecule is c1ccc(-c2ccccc2N(c2ccccc2-c2cccc3cccc(-c4ccccc4)c23)c2ccccc2-c2cccc3oc4ccccc4c23)cc1. The zero-order valence-electron chi connectivity index (χ0n) is 29.6. The van der Waals surface area contributed by atoms with Crippen molar-refractivity contribution in [2.24, 2.45) is 0 Å². The van der Waals surface area contributed by atoms with E-state index in [2.05, 4.69) is 211 Å². The Morgan fingerprint density at radius 1 is 0.278 bits per heavy atom. The highest BCUT2D eigenvalue weighted by Gasteiger charge is 2.25. The van der Waals surface area contributed by atoms with Crippen molar-refractivity contribution in [1.82, 2.24) is 0 Å². The molecule has 0 aliphatic rings. The van der Waals surface area contributed by atoms with Gasteiger partial charge in [0.2, 0.25) is 0 Å². The number of rotatable bonds is 7. The minimum Gasteiger partial charge on any atom is -0.456 e. The number of benzene rings is 9. The van der Waals surface area contributed by atoms with Crippen LogP contribution in [0.3, 0.4) is 0 Å². The van der Waals surface area contributed by atoms with E-state index in [1.54, 1.807) is 0 Å². The molecule has 2 nitrogen and oxygen atoms in total. The molecule has 0 spiro atoms. The number of anilines is 3. The van der Waals surface area contributed by atoms with Gasteiger partial charge >= 0.3 is 0 Å². The maximum absolute atomic E-state index is 6.41. The minimum absolute atomic E-state index is 0.879. The highest BCUT2D eigenvalue weighted by Crippen LogP contribution is 2.50. The molecule has 0 aliphatic heterocycles. The molecule has 10 rings (SSSR count). The van der Waals surface area contributed by atoms with Crippen molar-refractivity contribution in [3.63, 3.8) is 0 Å². The number of nitrogens with zero attached hydrogens (tertiary/aromatic N) is 1. The third kappa shape index (κ3) is 5.36. The molecule has 0 saturated heterocycles. The van der Waals surface area contributed by atoms with Crippen LogP contribution in [-0.4, -0.2) is 0 Å². The van der Waals surface area contributed by atoms with E-state index in [9.17, 15) is 0 Å². The first kappa shape index (κ1) is 31.6. The van der Waals surface area contributed by atoms with Gasteiger partial charge in [-0.05, 0) is 68.9 Å². The summed E-state index contributed by atoms with van der Waals surface area (Å²) in [6, 6.07) is 75.9. The number of fused-ring (bicyclic) bond motifs is 4. The van der Waals surface area contributed by atoms with Crippen LogP contribution in [0.25, 0.3) is 77.2 Å². The summed E-state index contributed by atoms with van der Waals surface area (Å²) in [5, 5.41) is 4.67. The van der Waals surface area contributed by atoms with E-state index in [4.69, 9.17) is 4.42 Å². The predicted octanol–water partition coefficient (Wildman–Crippen LogP) is 14.9. The molecule has 254 valence electrons. The first-order valence-corrected chi connectivity index (χ1v) is 18.4. The van der Waals surface area contributed by atoms with E-state index in [1.165, 1.54) is 27.5 Å². The monoisotopic (exact) mass is 689 g/mol. The Morgan fingerprint density at radius 2 is 0.704 bits per heavy atom. The molecule has 0 bridgehead atoms. The Kier molecular flexibility index (Phi) is 7.85. The van der Waals surface area contributed by atoms with Crippen LogP contribution in [0, 0.1) is 0 Å². The first-order chi connectivity index (χ1) is 26.8. The average Bonchev–Trinajstić information content (AvgIpc) is 3.64. The van der Waals surface area contributed by atoms with Crippen LogP contribution in [-0.2, 0) is 0 Å². The number of para-hydroxylation sites is 4. The molecule has 0 saturated carbocycles. The van der Waals surface area contributed by atoms with Gasteiger partial charge in [-0.1, -0.05) is 182 Å². The molecule has 0 radical (unpaired) electrons. The lowest BCUT2D eigenvalue weighted by Gasteiger charge is -2.32. The van der Waals surface area contributed by atoms with Gasteiger partial charge in [0.05, 0.1) is 17.1 Å². The molecule has 0 atom stereocenters. The van der Waals surface area contributed by atoms with Gasteiger partial charge in [-0.15, -0.1) is 0 Å². The standard InChI is InChI=1S/C52H35NO/c1-3-18-36(19-4-1)39-24-7-11-31-46(39)53(48-33-13-9-26-42(48)44-30-17-35-50-52(44)45-27-10-14-34-49(45)54-50)47-32-12-8-25-41(47)43-29-16-23-38-22-15-28-40(51(38)43)37-20-5-2-6-21-37/h1-35H. The second kappa shape index (κ2) is 13.4. The summed E-state index contributed by atoms with van der Waals surface area (Å²) in [7, 11) is 0. The van der Waals surface area contributed by atoms with Crippen LogP contribution < -0.4 is 4.90 Å². The molecule has 9 aromatic carbocycles. The van der Waals surface area contributed by atoms with E-state index in [1.807, 2.05) is 6.07 Å². The van der Waals surface area contributed by atoms with Gasteiger partial charge in [-0.2, -0.15) is 0 Å². The van der Waals surface area contributed by atoms with Crippen molar-refractivity contribution in [2.45, 2.75) is 0 Å². The van der Waals surface area contributed by atoms with Gasteiger partial charge in [0, 0.05) is 27.5 Å². The van der Waals surface area contributed by atoms with Crippen molar-refractivity contribution < 1.29 is 4.42 Å². The largest absolute Gasteiger partial charge is 0.456 e. The lowest BCUT2D eigenvalue weighted by molar-refractivity contribution is 0.669. The average molecular weight is 690 g/mol. The zero-order valence-corrected chi connectivity index (χ0v) is 29.6. The molecule has 54 heavy (non-hydrogen) atoms. The molecule has 0 aliphatic carbocycles. The van der Waals surface area contributed by atoms with E-state index < -0.39 is 0 Å². The van der Waals surface area contributed by atoms with E-state index in [0.29, 0.717) is 0 Å². The molecule has 0 amide bonds. The summed E-state index contributed by atoms with van der Waals surface area (Å²) in [5.41, 5.74) is 14.3. The predicted molar refractivity (Wildman–Crippen MR) is 228 cm³/mol. The van der Waals surface area contributed by atoms with Gasteiger partial charge in [0.15, 0.2) is 0 Å². The third-order valence-electron chi connectivity index (χ3n) is 10.5. The second-order valence-corrected chi connectivity index (χ2v) is 13.6. The van der Waals surface area contributed by atoms with Crippen LogP contribution in [0.5, 0.6) is 0 Å². The molecule has 2 heteroatoms. The summed E-state index contributed by atoms with van der Waals surface area (Å²) in [6.07, 6.45) is 0. The van der Waals surface area contributed by atoms with Crippen molar-refractivity contribution in [1.29, 1.82) is 0 Å². The Hall–Kier alpha value is -7.16. The molecule has 0 fully saturated rings. The van der Waals surface area contributed by atoms with Crippen molar-refractivity contribution >= 4 is 49.8 Å². The van der Waals surface area contributed by atoms with Gasteiger partial charge in [-0.25, -0.2) is 0 Å². The van der Waals surface area contributed by atoms with Gasteiger partial charge < -0.3 is 9.32 Å². The van der Waals surface area contributed by atoms with Crippen LogP contribution in [0.15, 0.2) is 217 Å². The molecular weight excluding hydrogens is 655 g/mol. The topological polar surface area (TPSA) is 16.4 Å². The Balaban J connectivity index is 1.29. The molecular formula is C52H35NO. The zero-order chi connectivity index (χ0) is 35.8. The number of hydrogen-bond donors (Lipinski definition) is 0. The Labute approximate surface area is 314 Å². The van der Waals surface area contributed by atoms with E-state index in [0.717, 1.165) is 66.8 Å². The third-order valence-corrected chi connectivity index (χ3v) is 10.5. The number of furan rings is 1. The van der Waals surface area contributed by atoms with Crippen LogP contribution in [0.1, 0.15) is 0 Å².